The number of hydrogen-bond acceptors (Lipinski definition) is 9. The Labute approximate surface area is 310 Å². The first-order valence-corrected chi connectivity index (χ1v) is 18.8. The normalized spacial score (nSPS) is 19.6. The fourth-order valence-electron chi connectivity index (χ4n) is 8.08. The number of nitriles is 1. The molecule has 1 aliphatic heterocycles. The van der Waals surface area contributed by atoms with Crippen molar-refractivity contribution in [1.29, 1.82) is 5.26 Å². The molecule has 0 unspecified atom stereocenters. The maximum Gasteiger partial charge on any atom is 0.393 e. The van der Waals surface area contributed by atoms with E-state index in [1.807, 2.05) is 24.3 Å². The van der Waals surface area contributed by atoms with Crippen molar-refractivity contribution in [2.24, 2.45) is 5.92 Å². The molecule has 5 N–H and O–H groups in total. The Morgan fingerprint density at radius 2 is 1.85 bits per heavy atom. The van der Waals surface area contributed by atoms with Crippen LogP contribution in [0.25, 0.3) is 21.1 Å². The van der Waals surface area contributed by atoms with Crippen LogP contribution in [0.15, 0.2) is 48.5 Å². The van der Waals surface area contributed by atoms with E-state index in [0.29, 0.717) is 45.8 Å². The summed E-state index contributed by atoms with van der Waals surface area (Å²) in [5, 5.41) is 21.4. The number of piperidine rings is 1. The van der Waals surface area contributed by atoms with Gasteiger partial charge in [-0.05, 0) is 86.4 Å². The van der Waals surface area contributed by atoms with E-state index >= 15 is 0 Å². The molecule has 0 radical (unpaired) electrons. The van der Waals surface area contributed by atoms with Crippen LogP contribution in [0.4, 0.5) is 30.6 Å². The second kappa shape index (κ2) is 14.5. The Morgan fingerprint density at radius 3 is 2.55 bits per heavy atom. The highest BCUT2D eigenvalue weighted by Gasteiger charge is 2.41. The molecule has 0 atom stereocenters. The highest BCUT2D eigenvalue weighted by atomic mass is 32.1. The quantitative estimate of drug-likeness (QED) is 0.105. The van der Waals surface area contributed by atoms with Crippen LogP contribution in [-0.4, -0.2) is 63.2 Å². The minimum absolute atomic E-state index is 0.0355. The van der Waals surface area contributed by atoms with Gasteiger partial charge in [-0.1, -0.05) is 24.3 Å². The Hall–Kier alpha value is -4.87. The number of carbonyl (C=O) groups excluding carboxylic acids is 1. The first kappa shape index (κ1) is 36.5. The van der Waals surface area contributed by atoms with Gasteiger partial charge in [0.15, 0.2) is 0 Å². The molecule has 4 heterocycles. The molecular formula is C39H44F3N9OS. The number of thiophene rings is 1. The number of nitrogens with one attached hydrogen (secondary N) is 3. The van der Waals surface area contributed by atoms with Crippen LogP contribution in [0.1, 0.15) is 59.9 Å². The maximum atomic E-state index is 13.1. The number of nitrogen functional groups attached to an aromatic ring is 1. The minimum atomic E-state index is -4.29. The average molecular weight is 744 g/mol. The number of nitrogens with zero attached hydrogens (tertiary/aromatic N) is 5. The summed E-state index contributed by atoms with van der Waals surface area (Å²) in [6.07, 6.45) is -1.63. The molecule has 2 aliphatic rings. The zero-order chi connectivity index (χ0) is 37.5. The van der Waals surface area contributed by atoms with Gasteiger partial charge in [-0.3, -0.25) is 9.69 Å². The smallest absolute Gasteiger partial charge is 0.393 e. The molecule has 3 aromatic heterocycles. The predicted molar refractivity (Wildman–Crippen MR) is 204 cm³/mol. The third kappa shape index (κ3) is 8.06. The number of halogens is 3. The third-order valence-corrected chi connectivity index (χ3v) is 11.7. The number of fused-ring (bicyclic) bond motifs is 2. The third-order valence-electron chi connectivity index (χ3n) is 10.7. The summed E-state index contributed by atoms with van der Waals surface area (Å²) < 4.78 is 41.4. The van der Waals surface area contributed by atoms with Crippen molar-refractivity contribution in [3.05, 3.63) is 75.8 Å². The SMILES string of the molecule is CNc1nc(NC2CCN(Cc3ccc4c(cc(C#N)n4CC4CC(C)(NC(=O)Cc5ccccc5N)C4)c3C)CC2)c2cc(CC(F)(F)F)sc2n1. The topological polar surface area (TPSA) is 137 Å². The second-order valence-electron chi connectivity index (χ2n) is 14.9. The van der Waals surface area contributed by atoms with E-state index in [4.69, 9.17) is 5.73 Å². The summed E-state index contributed by atoms with van der Waals surface area (Å²) in [5.41, 5.74) is 11.3. The zero-order valence-corrected chi connectivity index (χ0v) is 30.9. The summed E-state index contributed by atoms with van der Waals surface area (Å²) in [6, 6.07) is 17.8. The molecule has 53 heavy (non-hydrogen) atoms. The van der Waals surface area contributed by atoms with Crippen LogP contribution in [0.3, 0.4) is 0 Å². The van der Waals surface area contributed by atoms with Crippen molar-refractivity contribution in [3.8, 4) is 6.07 Å². The summed E-state index contributed by atoms with van der Waals surface area (Å²) in [7, 11) is 1.70. The predicted octanol–water partition coefficient (Wildman–Crippen LogP) is 7.16. The molecule has 1 saturated carbocycles. The Morgan fingerprint density at radius 1 is 1.09 bits per heavy atom. The van der Waals surface area contributed by atoms with Crippen molar-refractivity contribution < 1.29 is 18.0 Å². The number of anilines is 3. The number of hydrogen-bond donors (Lipinski definition) is 4. The molecule has 278 valence electrons. The first-order valence-electron chi connectivity index (χ1n) is 18.0. The molecule has 14 heteroatoms. The molecule has 10 nitrogen and oxygen atoms in total. The zero-order valence-electron chi connectivity index (χ0n) is 30.1. The fraction of sp³-hybridized carbons (Fsp3) is 0.436. The van der Waals surface area contributed by atoms with Crippen LogP contribution >= 0.6 is 11.3 Å². The lowest BCUT2D eigenvalue weighted by Crippen LogP contribution is -2.56. The second-order valence-corrected chi connectivity index (χ2v) is 16.0. The molecule has 1 amide bonds. The van der Waals surface area contributed by atoms with Gasteiger partial charge >= 0.3 is 6.18 Å². The number of rotatable bonds is 11. The van der Waals surface area contributed by atoms with E-state index in [1.54, 1.807) is 19.2 Å². The molecule has 1 saturated heterocycles. The van der Waals surface area contributed by atoms with E-state index in [1.165, 1.54) is 11.1 Å². The summed E-state index contributed by atoms with van der Waals surface area (Å²) in [5.74, 6) is 1.24. The van der Waals surface area contributed by atoms with Crippen molar-refractivity contribution in [1.82, 2.24) is 24.8 Å². The van der Waals surface area contributed by atoms with Gasteiger partial charge in [-0.25, -0.2) is 4.98 Å². The number of aromatic nitrogens is 3. The molecule has 7 rings (SSSR count). The lowest BCUT2D eigenvalue weighted by Gasteiger charge is -2.46. The van der Waals surface area contributed by atoms with Gasteiger partial charge in [-0.2, -0.15) is 23.4 Å². The first-order chi connectivity index (χ1) is 25.3. The number of alkyl halides is 3. The molecule has 0 spiro atoms. The van der Waals surface area contributed by atoms with E-state index in [9.17, 15) is 23.2 Å². The van der Waals surface area contributed by atoms with Gasteiger partial charge in [0.2, 0.25) is 11.9 Å². The van der Waals surface area contributed by atoms with Crippen molar-refractivity contribution >= 4 is 55.8 Å². The minimum Gasteiger partial charge on any atom is -0.398 e. The van der Waals surface area contributed by atoms with E-state index in [0.717, 1.165) is 73.1 Å². The van der Waals surface area contributed by atoms with Crippen molar-refractivity contribution in [2.45, 2.75) is 83.2 Å². The molecule has 2 fully saturated rings. The Balaban J connectivity index is 0.962. The van der Waals surface area contributed by atoms with Crippen LogP contribution in [0.5, 0.6) is 0 Å². The number of benzene rings is 2. The summed E-state index contributed by atoms with van der Waals surface area (Å²) >= 11 is 1.05. The number of aryl methyl sites for hydroxylation is 1. The van der Waals surface area contributed by atoms with Gasteiger partial charge in [0, 0.05) is 66.3 Å². The van der Waals surface area contributed by atoms with Gasteiger partial charge < -0.3 is 26.3 Å². The van der Waals surface area contributed by atoms with E-state index < -0.39 is 12.6 Å². The van der Waals surface area contributed by atoms with Crippen molar-refractivity contribution in [2.75, 3.05) is 36.5 Å². The highest BCUT2D eigenvalue weighted by molar-refractivity contribution is 7.18. The average Bonchev–Trinajstić information content (AvgIpc) is 3.67. The lowest BCUT2D eigenvalue weighted by molar-refractivity contribution is -0.126. The highest BCUT2D eigenvalue weighted by Crippen LogP contribution is 2.40. The standard InChI is InChI=1S/C39H44F3N9OS/c1-23-26(22-50-12-10-27(11-13-50)46-35-31-16-29(19-39(40,41)42)53-36(31)48-37(45-3)47-35)8-9-33-30(23)15-28(20-43)51(33)21-24-17-38(2,18-24)49-34(52)14-25-6-4-5-7-32(25)44/h4-9,15-16,24,27H,10-14,17-19,21-22,44H2,1-3H3,(H,49,52)(H2,45,46,47,48). The van der Waals surface area contributed by atoms with Gasteiger partial charge in [0.05, 0.1) is 18.2 Å². The molecule has 0 bridgehead atoms. The summed E-state index contributed by atoms with van der Waals surface area (Å²) in [4.78, 5) is 24.9. The molecule has 5 aromatic rings. The van der Waals surface area contributed by atoms with E-state index in [-0.39, 0.29) is 28.8 Å². The summed E-state index contributed by atoms with van der Waals surface area (Å²) in [6.45, 7) is 7.41. The maximum absolute atomic E-state index is 13.1. The largest absolute Gasteiger partial charge is 0.398 e. The van der Waals surface area contributed by atoms with E-state index in [2.05, 4.69) is 67.4 Å². The van der Waals surface area contributed by atoms with Crippen LogP contribution in [0.2, 0.25) is 0 Å². The number of para-hydroxylation sites is 1. The Kier molecular flexibility index (Phi) is 9.99. The fourth-order valence-corrected chi connectivity index (χ4v) is 9.14. The van der Waals surface area contributed by atoms with Gasteiger partial charge in [0.25, 0.3) is 0 Å². The monoisotopic (exact) mass is 743 g/mol. The molecular weight excluding hydrogens is 700 g/mol. The number of amides is 1. The lowest BCUT2D eigenvalue weighted by atomic mass is 9.69. The molecule has 1 aliphatic carbocycles. The van der Waals surface area contributed by atoms with Gasteiger partial charge in [0.1, 0.15) is 22.4 Å². The Bertz CT molecular complexity index is 2190. The van der Waals surface area contributed by atoms with Crippen molar-refractivity contribution in [3.63, 3.8) is 0 Å². The van der Waals surface area contributed by atoms with Gasteiger partial charge in [-0.15, -0.1) is 11.3 Å². The molecule has 2 aromatic carbocycles. The number of nitrogens with two attached hydrogens (primary N) is 1. The van der Waals surface area contributed by atoms with Crippen LogP contribution in [-0.2, 0) is 30.7 Å². The van der Waals surface area contributed by atoms with Crippen LogP contribution < -0.4 is 21.7 Å². The van der Waals surface area contributed by atoms with Crippen LogP contribution in [0, 0.1) is 24.2 Å². The number of likely N-dealkylation sites (tertiary alicyclic amines) is 1. The number of carbonyl (C=O) groups is 1.